The van der Waals surface area contributed by atoms with Crippen molar-refractivity contribution in [2.45, 2.75) is 31.9 Å². The normalized spacial score (nSPS) is 22.0. The number of ether oxygens (including phenoxy) is 1. The Hall–Kier alpha value is -1.95. The Morgan fingerprint density at radius 2 is 2.21 bits per heavy atom. The molecule has 1 heterocycles. The summed E-state index contributed by atoms with van der Waals surface area (Å²) < 4.78 is 7.01. The Labute approximate surface area is 111 Å². The van der Waals surface area contributed by atoms with Gasteiger partial charge in [0, 0.05) is 18.8 Å². The van der Waals surface area contributed by atoms with Crippen LogP contribution in [-0.2, 0) is 4.74 Å². The van der Waals surface area contributed by atoms with Crippen molar-refractivity contribution in [1.29, 1.82) is 0 Å². The number of nitrogens with zero attached hydrogens (tertiary/aromatic N) is 4. The van der Waals surface area contributed by atoms with Crippen LogP contribution in [0, 0.1) is 6.92 Å². The molecule has 1 saturated carbocycles. The first-order valence-electron chi connectivity index (χ1n) is 6.41. The van der Waals surface area contributed by atoms with Crippen LogP contribution < -0.4 is 5.32 Å². The van der Waals surface area contributed by atoms with E-state index in [-0.39, 0.29) is 0 Å². The molecule has 0 spiro atoms. The molecule has 1 N–H and O–H groups in total. The summed E-state index contributed by atoms with van der Waals surface area (Å²) in [6, 6.07) is 8.61. The quantitative estimate of drug-likeness (QED) is 0.902. The summed E-state index contributed by atoms with van der Waals surface area (Å²) in [4.78, 5) is 0. The van der Waals surface area contributed by atoms with Crippen molar-refractivity contribution in [3.05, 3.63) is 30.1 Å². The number of nitrogens with one attached hydrogen (secondary N) is 1. The Balaban J connectivity index is 1.72. The van der Waals surface area contributed by atoms with Crippen LogP contribution in [0.25, 0.3) is 5.69 Å². The highest BCUT2D eigenvalue weighted by atomic mass is 16.5. The van der Waals surface area contributed by atoms with Crippen LogP contribution >= 0.6 is 0 Å². The molecule has 1 aliphatic carbocycles. The van der Waals surface area contributed by atoms with Gasteiger partial charge in [-0.05, 0) is 48.4 Å². The number of hydrogen-bond donors (Lipinski definition) is 1. The SMILES string of the molecule is COC1CC(Nc2cccc(-n3nnnc3C)c2)C1. The van der Waals surface area contributed by atoms with E-state index in [0.717, 1.165) is 30.0 Å². The molecule has 100 valence electrons. The van der Waals surface area contributed by atoms with Crippen molar-refractivity contribution in [2.24, 2.45) is 0 Å². The molecule has 0 atom stereocenters. The van der Waals surface area contributed by atoms with Crippen molar-refractivity contribution >= 4 is 5.69 Å². The zero-order valence-corrected chi connectivity index (χ0v) is 11.1. The van der Waals surface area contributed by atoms with E-state index < -0.39 is 0 Å². The number of hydrogen-bond acceptors (Lipinski definition) is 5. The molecule has 0 aliphatic heterocycles. The van der Waals surface area contributed by atoms with Crippen molar-refractivity contribution in [3.8, 4) is 5.69 Å². The van der Waals surface area contributed by atoms with Crippen molar-refractivity contribution in [2.75, 3.05) is 12.4 Å². The molecule has 0 amide bonds. The second-order valence-corrected chi connectivity index (χ2v) is 4.86. The Morgan fingerprint density at radius 1 is 1.37 bits per heavy atom. The molecule has 0 unspecified atom stereocenters. The van der Waals surface area contributed by atoms with E-state index in [0.29, 0.717) is 12.1 Å². The van der Waals surface area contributed by atoms with E-state index in [2.05, 4.69) is 33.0 Å². The van der Waals surface area contributed by atoms with Crippen molar-refractivity contribution in [1.82, 2.24) is 20.2 Å². The van der Waals surface area contributed by atoms with Crippen LogP contribution in [0.4, 0.5) is 5.69 Å². The topological polar surface area (TPSA) is 64.9 Å². The van der Waals surface area contributed by atoms with Gasteiger partial charge in [0.25, 0.3) is 0 Å². The lowest BCUT2D eigenvalue weighted by Gasteiger charge is -2.35. The van der Waals surface area contributed by atoms with Crippen molar-refractivity contribution in [3.63, 3.8) is 0 Å². The first-order chi connectivity index (χ1) is 9.26. The fourth-order valence-electron chi connectivity index (χ4n) is 2.31. The second kappa shape index (κ2) is 4.97. The van der Waals surface area contributed by atoms with Gasteiger partial charge in [-0.2, -0.15) is 4.68 Å². The number of aryl methyl sites for hydroxylation is 1. The highest BCUT2D eigenvalue weighted by Crippen LogP contribution is 2.26. The lowest BCUT2D eigenvalue weighted by atomic mass is 9.89. The minimum atomic E-state index is 0.405. The van der Waals surface area contributed by atoms with Crippen LogP contribution in [0.5, 0.6) is 0 Å². The number of rotatable bonds is 4. The van der Waals surface area contributed by atoms with Crippen LogP contribution in [0.2, 0.25) is 0 Å². The molecule has 1 aromatic heterocycles. The van der Waals surface area contributed by atoms with E-state index in [1.807, 2.05) is 19.1 Å². The van der Waals surface area contributed by atoms with Gasteiger partial charge in [-0.1, -0.05) is 6.07 Å². The number of methoxy groups -OCH3 is 1. The summed E-state index contributed by atoms with van der Waals surface area (Å²) >= 11 is 0. The zero-order valence-electron chi connectivity index (χ0n) is 11.1. The molecule has 1 aliphatic rings. The predicted molar refractivity (Wildman–Crippen MR) is 71.3 cm³/mol. The molecular weight excluding hydrogens is 242 g/mol. The Morgan fingerprint density at radius 3 is 2.89 bits per heavy atom. The Kier molecular flexibility index (Phi) is 3.16. The third-order valence-corrected chi connectivity index (χ3v) is 3.52. The van der Waals surface area contributed by atoms with E-state index >= 15 is 0 Å². The van der Waals surface area contributed by atoms with Gasteiger partial charge >= 0.3 is 0 Å². The maximum Gasteiger partial charge on any atom is 0.153 e. The summed E-state index contributed by atoms with van der Waals surface area (Å²) in [5.41, 5.74) is 2.06. The maximum absolute atomic E-state index is 5.28. The number of benzene rings is 1. The summed E-state index contributed by atoms with van der Waals surface area (Å²) in [5, 5.41) is 15.0. The monoisotopic (exact) mass is 259 g/mol. The van der Waals surface area contributed by atoms with Gasteiger partial charge < -0.3 is 10.1 Å². The highest BCUT2D eigenvalue weighted by Gasteiger charge is 2.28. The number of tetrazole rings is 1. The van der Waals surface area contributed by atoms with Crippen LogP contribution in [-0.4, -0.2) is 39.5 Å². The first-order valence-corrected chi connectivity index (χ1v) is 6.41. The van der Waals surface area contributed by atoms with Crippen molar-refractivity contribution < 1.29 is 4.74 Å². The van der Waals surface area contributed by atoms with Gasteiger partial charge in [0.2, 0.25) is 0 Å². The maximum atomic E-state index is 5.28. The minimum absolute atomic E-state index is 0.405. The van der Waals surface area contributed by atoms with E-state index in [9.17, 15) is 0 Å². The summed E-state index contributed by atoms with van der Waals surface area (Å²) in [6.07, 6.45) is 2.53. The summed E-state index contributed by atoms with van der Waals surface area (Å²) in [6.45, 7) is 1.88. The first kappa shape index (κ1) is 12.1. The number of aromatic nitrogens is 4. The summed E-state index contributed by atoms with van der Waals surface area (Å²) in [5.74, 6) is 0.778. The predicted octanol–water partition coefficient (Wildman–Crippen LogP) is 1.56. The fraction of sp³-hybridized carbons (Fsp3) is 0.462. The molecule has 1 aromatic carbocycles. The highest BCUT2D eigenvalue weighted by molar-refractivity contribution is 5.51. The van der Waals surface area contributed by atoms with E-state index in [1.165, 1.54) is 0 Å². The molecule has 0 radical (unpaired) electrons. The van der Waals surface area contributed by atoms with Crippen LogP contribution in [0.15, 0.2) is 24.3 Å². The molecule has 0 saturated heterocycles. The fourth-order valence-corrected chi connectivity index (χ4v) is 2.31. The molecule has 6 nitrogen and oxygen atoms in total. The van der Waals surface area contributed by atoms with Gasteiger partial charge in [-0.25, -0.2) is 0 Å². The second-order valence-electron chi connectivity index (χ2n) is 4.86. The average molecular weight is 259 g/mol. The summed E-state index contributed by atoms with van der Waals surface area (Å²) in [7, 11) is 1.77. The van der Waals surface area contributed by atoms with Gasteiger partial charge in [0.15, 0.2) is 5.82 Å². The van der Waals surface area contributed by atoms with E-state index in [1.54, 1.807) is 11.8 Å². The van der Waals surface area contributed by atoms with Gasteiger partial charge in [-0.3, -0.25) is 0 Å². The number of anilines is 1. The molecule has 2 aromatic rings. The lowest BCUT2D eigenvalue weighted by Crippen LogP contribution is -2.40. The largest absolute Gasteiger partial charge is 0.382 e. The lowest BCUT2D eigenvalue weighted by molar-refractivity contribution is 0.0329. The average Bonchev–Trinajstić information content (AvgIpc) is 2.80. The minimum Gasteiger partial charge on any atom is -0.382 e. The van der Waals surface area contributed by atoms with Crippen LogP contribution in [0.1, 0.15) is 18.7 Å². The molecule has 6 heteroatoms. The third kappa shape index (κ3) is 2.44. The standard InChI is InChI=1S/C13H17N5O/c1-9-15-16-17-18(9)12-5-3-4-10(6-12)14-11-7-13(8-11)19-2/h3-6,11,13-14H,7-8H2,1-2H3. The molecular formula is C13H17N5O. The molecule has 3 rings (SSSR count). The third-order valence-electron chi connectivity index (χ3n) is 3.52. The molecule has 1 fully saturated rings. The zero-order chi connectivity index (χ0) is 13.2. The molecule has 19 heavy (non-hydrogen) atoms. The Bertz CT molecular complexity index is 562. The van der Waals surface area contributed by atoms with Gasteiger partial charge in [0.1, 0.15) is 0 Å². The van der Waals surface area contributed by atoms with Crippen LogP contribution in [0.3, 0.4) is 0 Å². The van der Waals surface area contributed by atoms with Gasteiger partial charge in [0.05, 0.1) is 11.8 Å². The smallest absolute Gasteiger partial charge is 0.153 e. The van der Waals surface area contributed by atoms with E-state index in [4.69, 9.17) is 4.74 Å². The van der Waals surface area contributed by atoms with Gasteiger partial charge in [-0.15, -0.1) is 5.10 Å². The molecule has 0 bridgehead atoms.